The van der Waals surface area contributed by atoms with Crippen molar-refractivity contribution in [3.63, 3.8) is 0 Å². The van der Waals surface area contributed by atoms with Crippen LogP contribution in [0.4, 0.5) is 14.5 Å². The fourth-order valence-corrected chi connectivity index (χ4v) is 5.58. The Balaban J connectivity index is 1.52. The Labute approximate surface area is 267 Å². The molecule has 0 saturated carbocycles. The van der Waals surface area contributed by atoms with E-state index < -0.39 is 46.1 Å². The van der Waals surface area contributed by atoms with Crippen LogP contribution >= 0.6 is 0 Å². The number of hydrogen-bond acceptors (Lipinski definition) is 6. The van der Waals surface area contributed by atoms with Gasteiger partial charge in [-0.05, 0) is 85.1 Å². The van der Waals surface area contributed by atoms with E-state index in [1.54, 1.807) is 30.3 Å². The van der Waals surface area contributed by atoms with Crippen LogP contribution in [0.2, 0.25) is 0 Å². The van der Waals surface area contributed by atoms with E-state index in [2.05, 4.69) is 10.0 Å². The Morgan fingerprint density at radius 3 is 2.11 bits per heavy atom. The van der Waals surface area contributed by atoms with Gasteiger partial charge in [-0.2, -0.15) is 0 Å². The summed E-state index contributed by atoms with van der Waals surface area (Å²) >= 11 is 0. The van der Waals surface area contributed by atoms with Crippen LogP contribution in [-0.2, 0) is 30.9 Å². The van der Waals surface area contributed by atoms with Gasteiger partial charge in [0.05, 0.1) is 4.90 Å². The molecule has 0 unspecified atom stereocenters. The van der Waals surface area contributed by atoms with Crippen LogP contribution in [0.5, 0.6) is 5.75 Å². The largest absolute Gasteiger partial charge is 0.484 e. The molecule has 0 aliphatic rings. The molecule has 2 N–H and O–H groups in total. The van der Waals surface area contributed by atoms with Crippen LogP contribution in [0.15, 0.2) is 108 Å². The Morgan fingerprint density at radius 2 is 1.48 bits per heavy atom. The first-order valence-electron chi connectivity index (χ1n) is 14.6. The molecule has 0 radical (unpaired) electrons. The number of carbonyl (C=O) groups excluding carboxylic acids is 2. The number of hydrogen-bond donors (Lipinski definition) is 2. The van der Waals surface area contributed by atoms with Crippen molar-refractivity contribution in [2.75, 3.05) is 31.1 Å². The van der Waals surface area contributed by atoms with E-state index >= 15 is 0 Å². The second-order valence-corrected chi connectivity index (χ2v) is 11.9. The lowest BCUT2D eigenvalue weighted by Crippen LogP contribution is -2.45. The maximum Gasteiger partial charge on any atom is 0.261 e. The fraction of sp³-hybridized carbons (Fsp3) is 0.235. The van der Waals surface area contributed by atoms with Crippen molar-refractivity contribution in [3.8, 4) is 5.75 Å². The molecule has 9 nitrogen and oxygen atoms in total. The van der Waals surface area contributed by atoms with Gasteiger partial charge in [0, 0.05) is 32.0 Å². The predicted octanol–water partition coefficient (Wildman–Crippen LogP) is 5.46. The summed E-state index contributed by atoms with van der Waals surface area (Å²) in [6.45, 7) is 2.77. The van der Waals surface area contributed by atoms with Gasteiger partial charge < -0.3 is 19.7 Å². The van der Waals surface area contributed by atoms with E-state index in [1.807, 2.05) is 6.92 Å². The molecule has 0 aliphatic heterocycles. The highest BCUT2D eigenvalue weighted by Crippen LogP contribution is 2.25. The average molecular weight is 652 g/mol. The van der Waals surface area contributed by atoms with Gasteiger partial charge in [-0.1, -0.05) is 42.5 Å². The molecular formula is C34H35F2N3O6S. The number of ether oxygens (including phenoxy) is 2. The maximum absolute atomic E-state index is 13.8. The molecule has 1 atom stereocenters. The van der Waals surface area contributed by atoms with E-state index in [-0.39, 0.29) is 22.9 Å². The lowest BCUT2D eigenvalue weighted by Gasteiger charge is -2.31. The molecule has 0 fully saturated rings. The molecule has 0 aromatic heterocycles. The van der Waals surface area contributed by atoms with Gasteiger partial charge in [-0.25, -0.2) is 17.2 Å². The van der Waals surface area contributed by atoms with Crippen molar-refractivity contribution < 1.29 is 36.3 Å². The fourth-order valence-electron chi connectivity index (χ4n) is 4.52. The Kier molecular flexibility index (Phi) is 12.2. The lowest BCUT2D eigenvalue weighted by molar-refractivity contribution is -0.143. The zero-order valence-corrected chi connectivity index (χ0v) is 26.0. The van der Waals surface area contributed by atoms with Gasteiger partial charge in [0.15, 0.2) is 6.61 Å². The molecule has 4 aromatic carbocycles. The van der Waals surface area contributed by atoms with Gasteiger partial charge in [-0.15, -0.1) is 0 Å². The molecule has 4 rings (SSSR count). The molecule has 0 saturated heterocycles. The normalized spacial score (nSPS) is 11.8. The first-order chi connectivity index (χ1) is 22.2. The van der Waals surface area contributed by atoms with Crippen molar-refractivity contribution in [2.45, 2.75) is 30.8 Å². The SMILES string of the molecule is CCOCCCNC(=O)[C@H](c1ccccc1)N(Cc1ccc(F)cc1)C(=O)COc1ccc(S(=O)(=O)Nc2ccc(F)cc2)cc1. The lowest BCUT2D eigenvalue weighted by atomic mass is 10.0. The van der Waals surface area contributed by atoms with Crippen molar-refractivity contribution in [1.29, 1.82) is 0 Å². The summed E-state index contributed by atoms with van der Waals surface area (Å²) in [5, 5.41) is 2.89. The summed E-state index contributed by atoms with van der Waals surface area (Å²) < 4.78 is 65.9. The summed E-state index contributed by atoms with van der Waals surface area (Å²) in [6.07, 6.45) is 0.585. The van der Waals surface area contributed by atoms with Crippen LogP contribution in [0.1, 0.15) is 30.5 Å². The average Bonchev–Trinajstić information content (AvgIpc) is 3.06. The first kappa shape index (κ1) is 34.1. The number of carbonyl (C=O) groups is 2. The number of nitrogens with one attached hydrogen (secondary N) is 2. The third-order valence-electron chi connectivity index (χ3n) is 6.82. The first-order valence-corrected chi connectivity index (χ1v) is 16.1. The monoisotopic (exact) mass is 651 g/mol. The smallest absolute Gasteiger partial charge is 0.261 e. The number of amides is 2. The Morgan fingerprint density at radius 1 is 0.848 bits per heavy atom. The Bertz CT molecular complexity index is 1670. The second-order valence-electron chi connectivity index (χ2n) is 10.2. The highest BCUT2D eigenvalue weighted by Gasteiger charge is 2.32. The van der Waals surface area contributed by atoms with E-state index in [0.29, 0.717) is 37.3 Å². The predicted molar refractivity (Wildman–Crippen MR) is 169 cm³/mol. The molecule has 4 aromatic rings. The van der Waals surface area contributed by atoms with E-state index in [1.165, 1.54) is 65.6 Å². The number of nitrogens with zero attached hydrogens (tertiary/aromatic N) is 1. The molecule has 242 valence electrons. The van der Waals surface area contributed by atoms with E-state index in [4.69, 9.17) is 9.47 Å². The quantitative estimate of drug-likeness (QED) is 0.156. The number of rotatable bonds is 16. The highest BCUT2D eigenvalue weighted by molar-refractivity contribution is 7.92. The molecule has 0 spiro atoms. The summed E-state index contributed by atoms with van der Waals surface area (Å²) in [4.78, 5) is 28.7. The topological polar surface area (TPSA) is 114 Å². The molecule has 12 heteroatoms. The van der Waals surface area contributed by atoms with Gasteiger partial charge >= 0.3 is 0 Å². The van der Waals surface area contributed by atoms with Crippen LogP contribution in [0.25, 0.3) is 0 Å². The van der Waals surface area contributed by atoms with Crippen molar-refractivity contribution in [3.05, 3.63) is 126 Å². The third-order valence-corrected chi connectivity index (χ3v) is 8.22. The number of benzene rings is 4. The number of halogens is 2. The van der Waals surface area contributed by atoms with Crippen molar-refractivity contribution >= 4 is 27.5 Å². The van der Waals surface area contributed by atoms with Gasteiger partial charge in [-0.3, -0.25) is 14.3 Å². The molecule has 2 amide bonds. The summed E-state index contributed by atoms with van der Waals surface area (Å²) in [7, 11) is -3.97. The molecule has 46 heavy (non-hydrogen) atoms. The Hall–Kier alpha value is -4.81. The zero-order valence-electron chi connectivity index (χ0n) is 25.2. The van der Waals surface area contributed by atoms with E-state index in [9.17, 15) is 26.8 Å². The third kappa shape index (κ3) is 9.85. The van der Waals surface area contributed by atoms with E-state index in [0.717, 1.165) is 12.1 Å². The minimum atomic E-state index is -3.97. The van der Waals surface area contributed by atoms with Crippen LogP contribution in [0.3, 0.4) is 0 Å². The summed E-state index contributed by atoms with van der Waals surface area (Å²) in [5.41, 5.74) is 1.37. The van der Waals surface area contributed by atoms with Crippen LogP contribution in [-0.4, -0.2) is 51.5 Å². The number of anilines is 1. The summed E-state index contributed by atoms with van der Waals surface area (Å²) in [6, 6.07) is 23.7. The second kappa shape index (κ2) is 16.5. The standard InChI is InChI=1S/C34H35F2N3O6S/c1-2-44-22-6-21-37-34(41)33(26-7-4-3-5-8-26)39(23-25-9-11-27(35)12-10-25)32(40)24-45-30-17-19-31(20-18-30)46(42,43)38-29-15-13-28(36)14-16-29/h3-5,7-20,33,38H,2,6,21-24H2,1H3,(H,37,41)/t33-/m0/s1. The van der Waals surface area contributed by atoms with Gasteiger partial charge in [0.2, 0.25) is 5.91 Å². The molecule has 0 bridgehead atoms. The summed E-state index contributed by atoms with van der Waals surface area (Å²) in [5.74, 6) is -1.65. The van der Waals surface area contributed by atoms with Crippen LogP contribution < -0.4 is 14.8 Å². The van der Waals surface area contributed by atoms with Gasteiger partial charge in [0.1, 0.15) is 23.4 Å². The zero-order chi connectivity index (χ0) is 32.9. The minimum Gasteiger partial charge on any atom is -0.484 e. The molecule has 0 aliphatic carbocycles. The maximum atomic E-state index is 13.8. The van der Waals surface area contributed by atoms with Crippen molar-refractivity contribution in [1.82, 2.24) is 10.2 Å². The minimum absolute atomic E-state index is 0.0133. The van der Waals surface area contributed by atoms with Crippen LogP contribution in [0, 0.1) is 11.6 Å². The highest BCUT2D eigenvalue weighted by atomic mass is 32.2. The van der Waals surface area contributed by atoms with Crippen molar-refractivity contribution in [2.24, 2.45) is 0 Å². The number of sulfonamides is 1. The molecular weight excluding hydrogens is 616 g/mol. The molecule has 0 heterocycles. The van der Waals surface area contributed by atoms with Gasteiger partial charge in [0.25, 0.3) is 15.9 Å².